The normalized spacial score (nSPS) is 12.2. The Hall–Kier alpha value is -1.37. The first-order valence-corrected chi connectivity index (χ1v) is 8.50. The molecular formula is C14H15ClN4S2. The summed E-state index contributed by atoms with van der Waals surface area (Å²) in [6.07, 6.45) is 1.69. The van der Waals surface area contributed by atoms with Crippen LogP contribution in [-0.2, 0) is 0 Å². The highest BCUT2D eigenvalue weighted by Crippen LogP contribution is 2.27. The third-order valence-corrected chi connectivity index (χ3v) is 4.61. The van der Waals surface area contributed by atoms with Gasteiger partial charge >= 0.3 is 0 Å². The molecule has 2 N–H and O–H groups in total. The number of aryl methyl sites for hydroxylation is 1. The first-order chi connectivity index (χ1) is 10.1. The molecule has 0 fully saturated rings. The van der Waals surface area contributed by atoms with E-state index in [9.17, 15) is 0 Å². The second kappa shape index (κ2) is 7.59. The van der Waals surface area contributed by atoms with E-state index >= 15 is 0 Å². The van der Waals surface area contributed by atoms with Crippen LogP contribution in [0.15, 0.2) is 34.5 Å². The highest BCUT2D eigenvalue weighted by atomic mass is 35.5. The maximum atomic E-state index is 5.89. The van der Waals surface area contributed by atoms with Gasteiger partial charge in [0.2, 0.25) is 0 Å². The van der Waals surface area contributed by atoms with E-state index in [4.69, 9.17) is 17.3 Å². The summed E-state index contributed by atoms with van der Waals surface area (Å²) in [5.41, 5.74) is 7.63. The third-order valence-electron chi connectivity index (χ3n) is 2.55. The first-order valence-electron chi connectivity index (χ1n) is 6.32. The zero-order valence-corrected chi connectivity index (χ0v) is 14.1. The van der Waals surface area contributed by atoms with Crippen molar-refractivity contribution in [3.63, 3.8) is 0 Å². The molecule has 110 valence electrons. The number of thioether (sulfide) groups is 1. The van der Waals surface area contributed by atoms with Gasteiger partial charge in [-0.3, -0.25) is 0 Å². The molecule has 2 rings (SSSR count). The Balaban J connectivity index is 2.18. The highest BCUT2D eigenvalue weighted by Gasteiger charge is 2.07. The SMILES string of the molecule is CCS/C(N)=N/N=C/c1sc(-c2ccc(Cl)cc2)nc1C. The molecule has 1 heterocycles. The lowest BCUT2D eigenvalue weighted by atomic mass is 10.2. The van der Waals surface area contributed by atoms with E-state index in [0.29, 0.717) is 10.2 Å². The summed E-state index contributed by atoms with van der Waals surface area (Å²) in [6.45, 7) is 3.97. The minimum Gasteiger partial charge on any atom is -0.377 e. The van der Waals surface area contributed by atoms with Gasteiger partial charge < -0.3 is 5.73 Å². The van der Waals surface area contributed by atoms with Crippen molar-refractivity contribution in [1.82, 2.24) is 4.98 Å². The molecule has 0 unspecified atom stereocenters. The van der Waals surface area contributed by atoms with Gasteiger partial charge in [-0.2, -0.15) is 5.10 Å². The maximum absolute atomic E-state index is 5.89. The van der Waals surface area contributed by atoms with E-state index in [-0.39, 0.29) is 0 Å². The van der Waals surface area contributed by atoms with Gasteiger partial charge in [0.15, 0.2) is 5.17 Å². The first kappa shape index (κ1) is 16.0. The summed E-state index contributed by atoms with van der Waals surface area (Å²) in [4.78, 5) is 5.51. The lowest BCUT2D eigenvalue weighted by molar-refractivity contribution is 1.23. The van der Waals surface area contributed by atoms with Gasteiger partial charge in [-0.15, -0.1) is 16.4 Å². The van der Waals surface area contributed by atoms with Crippen molar-refractivity contribution in [3.8, 4) is 10.6 Å². The minimum absolute atomic E-state index is 0.467. The average Bonchev–Trinajstić information content (AvgIpc) is 2.81. The molecule has 0 saturated carbocycles. The molecule has 0 saturated heterocycles. The Kier molecular flexibility index (Phi) is 5.78. The Morgan fingerprint density at radius 1 is 1.43 bits per heavy atom. The zero-order chi connectivity index (χ0) is 15.2. The molecule has 4 nitrogen and oxygen atoms in total. The lowest BCUT2D eigenvalue weighted by Crippen LogP contribution is -2.05. The summed E-state index contributed by atoms with van der Waals surface area (Å²) in [7, 11) is 0. The van der Waals surface area contributed by atoms with Crippen LogP contribution in [0.5, 0.6) is 0 Å². The van der Waals surface area contributed by atoms with Gasteiger partial charge in [0.25, 0.3) is 0 Å². The molecular weight excluding hydrogens is 324 g/mol. The molecule has 0 amide bonds. The van der Waals surface area contributed by atoms with Crippen LogP contribution in [-0.4, -0.2) is 22.1 Å². The van der Waals surface area contributed by atoms with Crippen LogP contribution in [0.3, 0.4) is 0 Å². The van der Waals surface area contributed by atoms with Crippen molar-refractivity contribution < 1.29 is 0 Å². The number of nitrogens with two attached hydrogens (primary N) is 1. The second-order valence-electron chi connectivity index (χ2n) is 4.09. The minimum atomic E-state index is 0.467. The highest BCUT2D eigenvalue weighted by molar-refractivity contribution is 8.13. The number of halogens is 1. The predicted octanol–water partition coefficient (Wildman–Crippen LogP) is 4.17. The van der Waals surface area contributed by atoms with Crippen molar-refractivity contribution in [2.45, 2.75) is 13.8 Å². The van der Waals surface area contributed by atoms with Crippen LogP contribution < -0.4 is 5.73 Å². The number of aromatic nitrogens is 1. The molecule has 2 aromatic rings. The monoisotopic (exact) mass is 338 g/mol. The Morgan fingerprint density at radius 3 is 2.81 bits per heavy atom. The van der Waals surface area contributed by atoms with E-state index in [1.807, 2.05) is 38.1 Å². The Morgan fingerprint density at radius 2 is 2.14 bits per heavy atom. The fourth-order valence-electron chi connectivity index (χ4n) is 1.56. The summed E-state index contributed by atoms with van der Waals surface area (Å²) in [6, 6.07) is 7.62. The summed E-state index contributed by atoms with van der Waals surface area (Å²) >= 11 is 8.92. The summed E-state index contributed by atoms with van der Waals surface area (Å²) in [5, 5.41) is 10.1. The number of thiazole rings is 1. The standard InChI is InChI=1S/C14H15ClN4S2/c1-3-20-14(16)19-17-8-12-9(2)18-13(21-12)10-4-6-11(15)7-5-10/h4-8H,3H2,1-2H3,(H2,16,19)/b17-8+. The molecule has 7 heteroatoms. The predicted molar refractivity (Wildman–Crippen MR) is 94.6 cm³/mol. The van der Waals surface area contributed by atoms with E-state index < -0.39 is 0 Å². The van der Waals surface area contributed by atoms with Gasteiger partial charge in [0.1, 0.15) is 5.01 Å². The van der Waals surface area contributed by atoms with Crippen LogP contribution in [0.25, 0.3) is 10.6 Å². The van der Waals surface area contributed by atoms with Crippen LogP contribution in [0.2, 0.25) is 5.02 Å². The largest absolute Gasteiger partial charge is 0.377 e. The molecule has 0 radical (unpaired) electrons. The number of hydrogen-bond acceptors (Lipinski definition) is 5. The fraction of sp³-hybridized carbons (Fsp3) is 0.214. The Bertz CT molecular complexity index is 662. The van der Waals surface area contributed by atoms with Crippen molar-refractivity contribution in [2.24, 2.45) is 15.9 Å². The van der Waals surface area contributed by atoms with Gasteiger partial charge in [0, 0.05) is 10.6 Å². The van der Waals surface area contributed by atoms with Crippen molar-refractivity contribution in [2.75, 3.05) is 5.75 Å². The topological polar surface area (TPSA) is 63.6 Å². The lowest BCUT2D eigenvalue weighted by Gasteiger charge is -1.94. The average molecular weight is 339 g/mol. The smallest absolute Gasteiger partial charge is 0.180 e. The molecule has 1 aromatic carbocycles. The van der Waals surface area contributed by atoms with E-state index in [1.54, 1.807) is 17.6 Å². The molecule has 0 spiro atoms. The second-order valence-corrected chi connectivity index (χ2v) is 6.84. The van der Waals surface area contributed by atoms with Gasteiger partial charge in [-0.25, -0.2) is 4.98 Å². The number of amidine groups is 1. The van der Waals surface area contributed by atoms with Crippen molar-refractivity contribution in [3.05, 3.63) is 39.9 Å². The Labute approximate surface area is 137 Å². The molecule has 0 aliphatic heterocycles. The van der Waals surface area contributed by atoms with Crippen LogP contribution in [0, 0.1) is 6.92 Å². The number of nitrogens with zero attached hydrogens (tertiary/aromatic N) is 3. The third kappa shape index (κ3) is 4.56. The zero-order valence-electron chi connectivity index (χ0n) is 11.7. The quantitative estimate of drug-likeness (QED) is 0.517. The van der Waals surface area contributed by atoms with Crippen molar-refractivity contribution >= 4 is 46.1 Å². The van der Waals surface area contributed by atoms with Crippen LogP contribution in [0.1, 0.15) is 17.5 Å². The molecule has 1 aromatic heterocycles. The molecule has 0 aliphatic carbocycles. The molecule has 0 aliphatic rings. The number of rotatable bonds is 4. The van der Waals surface area contributed by atoms with Crippen molar-refractivity contribution in [1.29, 1.82) is 0 Å². The maximum Gasteiger partial charge on any atom is 0.180 e. The van der Waals surface area contributed by atoms with E-state index in [1.165, 1.54) is 11.8 Å². The number of benzene rings is 1. The van der Waals surface area contributed by atoms with E-state index in [0.717, 1.165) is 26.9 Å². The summed E-state index contributed by atoms with van der Waals surface area (Å²) in [5.74, 6) is 0.880. The van der Waals surface area contributed by atoms with Gasteiger partial charge in [0.05, 0.1) is 16.8 Å². The van der Waals surface area contributed by atoms with Gasteiger partial charge in [-0.05, 0) is 24.8 Å². The van der Waals surface area contributed by atoms with E-state index in [2.05, 4.69) is 15.2 Å². The molecule has 21 heavy (non-hydrogen) atoms. The fourth-order valence-corrected chi connectivity index (χ4v) is 3.02. The molecule has 0 atom stereocenters. The van der Waals surface area contributed by atoms with Crippen LogP contribution >= 0.6 is 34.7 Å². The number of hydrogen-bond donors (Lipinski definition) is 1. The van der Waals surface area contributed by atoms with Gasteiger partial charge in [-0.1, -0.05) is 42.4 Å². The molecule has 0 bridgehead atoms. The summed E-state index contributed by atoms with van der Waals surface area (Å²) < 4.78 is 0. The van der Waals surface area contributed by atoms with Crippen LogP contribution in [0.4, 0.5) is 0 Å².